The highest BCUT2D eigenvalue weighted by Gasteiger charge is 2.33. The molecule has 0 bridgehead atoms. The van der Waals surface area contributed by atoms with E-state index < -0.39 is 23.4 Å². The molecule has 156 valence electrons. The van der Waals surface area contributed by atoms with Crippen LogP contribution in [0.5, 0.6) is 5.75 Å². The molecule has 8 heteroatoms. The summed E-state index contributed by atoms with van der Waals surface area (Å²) >= 11 is 0. The van der Waals surface area contributed by atoms with Crippen LogP contribution in [0, 0.1) is 16.0 Å². The molecule has 0 saturated heterocycles. The summed E-state index contributed by atoms with van der Waals surface area (Å²) < 4.78 is 10.1. The summed E-state index contributed by atoms with van der Waals surface area (Å²) in [4.78, 5) is 34.6. The Morgan fingerprint density at radius 1 is 1.20 bits per heavy atom. The molecule has 0 aliphatic heterocycles. The molecule has 0 heterocycles. The maximum absolute atomic E-state index is 12.3. The molecule has 3 rings (SSSR count). The van der Waals surface area contributed by atoms with Crippen molar-refractivity contribution in [2.24, 2.45) is 5.92 Å². The van der Waals surface area contributed by atoms with Crippen LogP contribution in [0.25, 0.3) is 6.08 Å². The van der Waals surface area contributed by atoms with Crippen molar-refractivity contribution in [1.29, 1.82) is 0 Å². The lowest BCUT2D eigenvalue weighted by Crippen LogP contribution is -2.33. The van der Waals surface area contributed by atoms with Crippen LogP contribution in [0.4, 0.5) is 5.69 Å². The van der Waals surface area contributed by atoms with Crippen molar-refractivity contribution in [3.05, 3.63) is 75.8 Å². The number of nitro benzene ring substituents is 1. The minimum atomic E-state index is -0.754. The van der Waals surface area contributed by atoms with Gasteiger partial charge in [-0.25, -0.2) is 4.79 Å². The molecule has 8 nitrogen and oxygen atoms in total. The van der Waals surface area contributed by atoms with E-state index in [-0.39, 0.29) is 17.3 Å². The van der Waals surface area contributed by atoms with Gasteiger partial charge < -0.3 is 14.8 Å². The number of carbonyl (C=O) groups is 2. The summed E-state index contributed by atoms with van der Waals surface area (Å²) in [5.74, 6) is -0.0681. The van der Waals surface area contributed by atoms with Crippen molar-refractivity contribution in [3.8, 4) is 5.75 Å². The lowest BCUT2D eigenvalue weighted by atomic mass is 10.0. The third kappa shape index (κ3) is 5.66. The number of nitro groups is 1. The Morgan fingerprint density at radius 3 is 2.53 bits per heavy atom. The van der Waals surface area contributed by atoms with Gasteiger partial charge in [-0.1, -0.05) is 24.3 Å². The minimum absolute atomic E-state index is 0.119. The first-order valence-electron chi connectivity index (χ1n) is 9.49. The van der Waals surface area contributed by atoms with Gasteiger partial charge >= 0.3 is 5.97 Å². The van der Waals surface area contributed by atoms with Crippen LogP contribution < -0.4 is 10.1 Å². The van der Waals surface area contributed by atoms with Crippen LogP contribution in [0.15, 0.2) is 54.6 Å². The Hall–Kier alpha value is -3.68. The monoisotopic (exact) mass is 410 g/mol. The molecule has 1 fully saturated rings. The van der Waals surface area contributed by atoms with Gasteiger partial charge in [0, 0.05) is 12.1 Å². The largest absolute Gasteiger partial charge is 0.497 e. The maximum atomic E-state index is 12.3. The summed E-state index contributed by atoms with van der Waals surface area (Å²) in [6.45, 7) is -0.431. The fraction of sp³-hybridized carbons (Fsp3) is 0.273. The van der Waals surface area contributed by atoms with E-state index in [1.54, 1.807) is 13.2 Å². The first kappa shape index (κ1) is 21.0. The van der Waals surface area contributed by atoms with Gasteiger partial charge in [0.05, 0.1) is 23.6 Å². The number of amides is 1. The van der Waals surface area contributed by atoms with E-state index in [0.29, 0.717) is 5.92 Å². The minimum Gasteiger partial charge on any atom is -0.497 e. The Morgan fingerprint density at radius 2 is 1.90 bits per heavy atom. The van der Waals surface area contributed by atoms with Gasteiger partial charge in [0.2, 0.25) is 0 Å². The molecule has 1 atom stereocenters. The van der Waals surface area contributed by atoms with Crippen LogP contribution in [0.2, 0.25) is 0 Å². The van der Waals surface area contributed by atoms with Gasteiger partial charge in [-0.3, -0.25) is 14.9 Å². The normalized spacial score (nSPS) is 14.2. The second-order valence-corrected chi connectivity index (χ2v) is 6.91. The van der Waals surface area contributed by atoms with Crippen LogP contribution in [-0.2, 0) is 14.3 Å². The summed E-state index contributed by atoms with van der Waals surface area (Å²) in [6, 6.07) is 13.4. The molecule has 30 heavy (non-hydrogen) atoms. The summed E-state index contributed by atoms with van der Waals surface area (Å²) in [5, 5.41) is 13.9. The number of nitrogens with one attached hydrogen (secondary N) is 1. The lowest BCUT2D eigenvalue weighted by molar-refractivity contribution is -0.385. The number of hydrogen-bond acceptors (Lipinski definition) is 6. The van der Waals surface area contributed by atoms with E-state index >= 15 is 0 Å². The number of benzene rings is 2. The van der Waals surface area contributed by atoms with E-state index in [0.717, 1.165) is 30.2 Å². The molecule has 1 saturated carbocycles. The van der Waals surface area contributed by atoms with Crippen LogP contribution >= 0.6 is 0 Å². The van der Waals surface area contributed by atoms with Gasteiger partial charge in [0.25, 0.3) is 11.6 Å². The fourth-order valence-electron chi connectivity index (χ4n) is 3.07. The zero-order chi connectivity index (χ0) is 21.5. The van der Waals surface area contributed by atoms with Crippen LogP contribution in [-0.4, -0.2) is 30.5 Å². The highest BCUT2D eigenvalue weighted by molar-refractivity contribution is 5.90. The van der Waals surface area contributed by atoms with E-state index in [9.17, 15) is 19.7 Å². The van der Waals surface area contributed by atoms with Gasteiger partial charge in [0.1, 0.15) is 5.75 Å². The fourth-order valence-corrected chi connectivity index (χ4v) is 3.07. The summed E-state index contributed by atoms with van der Waals surface area (Å²) in [7, 11) is 1.59. The molecule has 1 N–H and O–H groups in total. The molecule has 0 radical (unpaired) electrons. The quantitative estimate of drug-likeness (QED) is 0.294. The van der Waals surface area contributed by atoms with Crippen molar-refractivity contribution in [2.75, 3.05) is 13.7 Å². The summed E-state index contributed by atoms with van der Waals surface area (Å²) in [6.07, 6.45) is 4.41. The second kappa shape index (κ2) is 9.69. The van der Waals surface area contributed by atoms with Gasteiger partial charge in [-0.15, -0.1) is 0 Å². The van der Waals surface area contributed by atoms with Crippen molar-refractivity contribution in [2.45, 2.75) is 18.9 Å². The van der Waals surface area contributed by atoms with Crippen molar-refractivity contribution >= 4 is 23.6 Å². The lowest BCUT2D eigenvalue weighted by Gasteiger charge is -2.19. The Balaban J connectivity index is 1.54. The standard InChI is InChI=1S/C22H22N2O6/c1-29-18-11-8-17(9-12-18)22(16-6-7-16)23-20(25)14-30-21(26)13-10-15-4-2-3-5-19(15)24(27)28/h2-5,8-13,16,22H,6-7,14H2,1H3,(H,23,25)/b13-10+. The Kier molecular flexibility index (Phi) is 6.79. The van der Waals surface area contributed by atoms with Crippen molar-refractivity contribution < 1.29 is 24.0 Å². The topological polar surface area (TPSA) is 108 Å². The third-order valence-corrected chi connectivity index (χ3v) is 4.76. The van der Waals surface area contributed by atoms with E-state index in [1.165, 1.54) is 24.3 Å². The SMILES string of the molecule is COc1ccc(C(NC(=O)COC(=O)/C=C/c2ccccc2[N+](=O)[O-])C2CC2)cc1. The van der Waals surface area contributed by atoms with Gasteiger partial charge in [0.15, 0.2) is 6.61 Å². The van der Waals surface area contributed by atoms with Gasteiger partial charge in [-0.2, -0.15) is 0 Å². The number of esters is 1. The van der Waals surface area contributed by atoms with Crippen LogP contribution in [0.1, 0.15) is 30.0 Å². The van der Waals surface area contributed by atoms with E-state index in [2.05, 4.69) is 5.32 Å². The number of nitrogens with zero attached hydrogens (tertiary/aromatic N) is 1. The number of hydrogen-bond donors (Lipinski definition) is 1. The first-order chi connectivity index (χ1) is 14.5. The molecular formula is C22H22N2O6. The molecule has 2 aromatic carbocycles. The average molecular weight is 410 g/mol. The number of ether oxygens (including phenoxy) is 2. The van der Waals surface area contributed by atoms with Crippen molar-refractivity contribution in [1.82, 2.24) is 5.32 Å². The Labute approximate surface area is 173 Å². The smallest absolute Gasteiger partial charge is 0.331 e. The molecule has 1 amide bonds. The maximum Gasteiger partial charge on any atom is 0.331 e. The number of para-hydroxylation sites is 1. The molecular weight excluding hydrogens is 388 g/mol. The molecule has 1 aliphatic carbocycles. The Bertz CT molecular complexity index is 950. The average Bonchev–Trinajstić information content (AvgIpc) is 3.60. The highest BCUT2D eigenvalue weighted by Crippen LogP contribution is 2.41. The highest BCUT2D eigenvalue weighted by atomic mass is 16.6. The van der Waals surface area contributed by atoms with Crippen LogP contribution in [0.3, 0.4) is 0 Å². The van der Waals surface area contributed by atoms with E-state index in [4.69, 9.17) is 9.47 Å². The number of rotatable bonds is 9. The predicted octanol–water partition coefficient (Wildman–Crippen LogP) is 3.43. The molecule has 2 aromatic rings. The zero-order valence-corrected chi connectivity index (χ0v) is 16.4. The van der Waals surface area contributed by atoms with Crippen molar-refractivity contribution in [3.63, 3.8) is 0 Å². The third-order valence-electron chi connectivity index (χ3n) is 4.76. The van der Waals surface area contributed by atoms with Gasteiger partial charge in [-0.05, 0) is 48.6 Å². The first-order valence-corrected chi connectivity index (χ1v) is 9.49. The van der Waals surface area contributed by atoms with E-state index in [1.807, 2.05) is 24.3 Å². The number of carbonyl (C=O) groups excluding carboxylic acids is 2. The predicted molar refractivity (Wildman–Crippen MR) is 110 cm³/mol. The second-order valence-electron chi connectivity index (χ2n) is 6.91. The zero-order valence-electron chi connectivity index (χ0n) is 16.4. The summed E-state index contributed by atoms with van der Waals surface area (Å²) in [5.41, 5.74) is 1.12. The molecule has 1 aliphatic rings. The molecule has 0 spiro atoms. The molecule has 0 aromatic heterocycles. The number of methoxy groups -OCH3 is 1. The molecule has 1 unspecified atom stereocenters.